The summed E-state index contributed by atoms with van der Waals surface area (Å²) in [6, 6.07) is 0. The average molecular weight is 229 g/mol. The van der Waals surface area contributed by atoms with E-state index >= 15 is 0 Å². The summed E-state index contributed by atoms with van der Waals surface area (Å²) in [5.41, 5.74) is 0.731. The minimum Gasteiger partial charge on any atom is -0.468 e. The first kappa shape index (κ1) is 10.5. The third-order valence-electron chi connectivity index (χ3n) is 3.60. The molecule has 0 spiro atoms. The predicted octanol–water partition coefficient (Wildman–Crippen LogP) is 0.879. The molecule has 0 N–H and O–H groups in total. The number of aromatic nitrogens is 2. The van der Waals surface area contributed by atoms with Crippen molar-refractivity contribution in [1.29, 1.82) is 0 Å². The molecule has 1 aromatic rings. The molecule has 4 heteroatoms. The van der Waals surface area contributed by atoms with Crippen LogP contribution in [0, 0.1) is 12.3 Å². The maximum Gasteiger partial charge on any atom is 0.237 e. The third kappa shape index (κ3) is 1.87. The quantitative estimate of drug-likeness (QED) is 0.721. The fourth-order valence-electron chi connectivity index (χ4n) is 2.68. The van der Waals surface area contributed by atoms with Crippen molar-refractivity contribution in [1.82, 2.24) is 14.9 Å². The Labute approximate surface area is 101 Å². The summed E-state index contributed by atoms with van der Waals surface area (Å²) in [5.74, 6) is 3.22. The fourth-order valence-corrected chi connectivity index (χ4v) is 2.68. The van der Waals surface area contributed by atoms with Crippen molar-refractivity contribution in [3.8, 4) is 18.2 Å². The molecule has 0 saturated carbocycles. The minimum absolute atomic E-state index is 0.0423. The van der Waals surface area contributed by atoms with Crippen molar-refractivity contribution in [3.63, 3.8) is 0 Å². The van der Waals surface area contributed by atoms with Crippen LogP contribution in [-0.4, -0.2) is 40.1 Å². The highest BCUT2D eigenvalue weighted by atomic mass is 16.5. The van der Waals surface area contributed by atoms with Crippen LogP contribution >= 0.6 is 0 Å². The molecule has 0 aromatic carbocycles. The lowest BCUT2D eigenvalue weighted by atomic mass is 10.00. The topological polar surface area (TPSA) is 38.3 Å². The monoisotopic (exact) mass is 229 g/mol. The maximum absolute atomic E-state index is 6.13. The highest BCUT2D eigenvalue weighted by Gasteiger charge is 2.46. The Balaban J connectivity index is 1.83. The molecule has 0 radical (unpaired) electrons. The number of piperidine rings is 1. The summed E-state index contributed by atoms with van der Waals surface area (Å²) in [6.07, 6.45) is 11.3. The molecule has 3 heterocycles. The number of fused-ring (bicyclic) bond motifs is 2. The van der Waals surface area contributed by atoms with Gasteiger partial charge < -0.3 is 4.74 Å². The fraction of sp³-hybridized carbons (Fsp3) is 0.538. The lowest BCUT2D eigenvalue weighted by Crippen LogP contribution is -2.35. The van der Waals surface area contributed by atoms with Gasteiger partial charge in [-0.2, -0.15) is 0 Å². The van der Waals surface area contributed by atoms with E-state index in [1.807, 2.05) is 0 Å². The van der Waals surface area contributed by atoms with Gasteiger partial charge >= 0.3 is 0 Å². The molecule has 1 aromatic heterocycles. The largest absolute Gasteiger partial charge is 0.468 e. The van der Waals surface area contributed by atoms with Crippen LogP contribution in [0.25, 0.3) is 0 Å². The smallest absolute Gasteiger partial charge is 0.237 e. The van der Waals surface area contributed by atoms with E-state index in [-0.39, 0.29) is 5.60 Å². The van der Waals surface area contributed by atoms with Gasteiger partial charge in [0.25, 0.3) is 0 Å². The van der Waals surface area contributed by atoms with Crippen LogP contribution in [-0.2, 0) is 6.42 Å². The second-order valence-corrected chi connectivity index (χ2v) is 4.75. The van der Waals surface area contributed by atoms with Gasteiger partial charge in [-0.05, 0) is 0 Å². The molecule has 0 atom stereocenters. The van der Waals surface area contributed by atoms with Gasteiger partial charge in [0.05, 0.1) is 6.42 Å². The van der Waals surface area contributed by atoms with Crippen molar-refractivity contribution in [2.45, 2.75) is 24.9 Å². The first-order valence-corrected chi connectivity index (χ1v) is 5.96. The van der Waals surface area contributed by atoms with Gasteiger partial charge in [0, 0.05) is 44.9 Å². The molecule has 0 unspecified atom stereocenters. The lowest BCUT2D eigenvalue weighted by molar-refractivity contribution is 0.0891. The van der Waals surface area contributed by atoms with Crippen LogP contribution in [0.5, 0.6) is 5.88 Å². The van der Waals surface area contributed by atoms with Crippen molar-refractivity contribution in [2.24, 2.45) is 0 Å². The van der Waals surface area contributed by atoms with E-state index in [9.17, 15) is 0 Å². The second kappa shape index (κ2) is 4.01. The van der Waals surface area contributed by atoms with Crippen LogP contribution in [0.4, 0.5) is 0 Å². The zero-order chi connectivity index (χ0) is 11.7. The molecule has 2 aliphatic rings. The van der Waals surface area contributed by atoms with Gasteiger partial charge in [-0.25, -0.2) is 4.98 Å². The number of nitrogens with zero attached hydrogens (tertiary/aromatic N) is 3. The van der Waals surface area contributed by atoms with Crippen LogP contribution in [0.2, 0.25) is 0 Å². The van der Waals surface area contributed by atoms with E-state index < -0.39 is 0 Å². The Hall–Kier alpha value is -1.60. The number of hydrogen-bond donors (Lipinski definition) is 0. The van der Waals surface area contributed by atoms with Gasteiger partial charge in [-0.1, -0.05) is 0 Å². The Bertz CT molecular complexity index is 458. The molecule has 2 fully saturated rings. The standard InChI is InChI=1S/C13H15N3O/c1-2-3-11-12(15-7-6-14-11)17-13-4-8-16(10-13)9-5-13/h1,6-7H,3-5,8-10H2. The maximum atomic E-state index is 6.13. The molecule has 2 aliphatic heterocycles. The van der Waals surface area contributed by atoms with E-state index in [4.69, 9.17) is 11.2 Å². The molecular weight excluding hydrogens is 214 g/mol. The van der Waals surface area contributed by atoms with Crippen molar-refractivity contribution in [2.75, 3.05) is 19.6 Å². The van der Waals surface area contributed by atoms with Crippen LogP contribution in [0.3, 0.4) is 0 Å². The Kier molecular flexibility index (Phi) is 2.49. The number of ether oxygens (including phenoxy) is 1. The molecule has 3 rings (SSSR count). The molecule has 2 bridgehead atoms. The summed E-state index contributed by atoms with van der Waals surface area (Å²) in [6.45, 7) is 3.27. The van der Waals surface area contributed by atoms with E-state index in [0.29, 0.717) is 12.3 Å². The lowest BCUT2D eigenvalue weighted by Gasteiger charge is -2.26. The van der Waals surface area contributed by atoms with Crippen molar-refractivity contribution in [3.05, 3.63) is 18.1 Å². The van der Waals surface area contributed by atoms with E-state index in [1.165, 1.54) is 0 Å². The normalized spacial score (nSPS) is 30.2. The molecule has 4 nitrogen and oxygen atoms in total. The van der Waals surface area contributed by atoms with Crippen LogP contribution in [0.15, 0.2) is 12.4 Å². The Morgan fingerprint density at radius 2 is 2.12 bits per heavy atom. The SMILES string of the molecule is C#CCc1nccnc1OC12CCN(CC1)C2. The van der Waals surface area contributed by atoms with Gasteiger partial charge in [0.1, 0.15) is 11.3 Å². The molecule has 2 saturated heterocycles. The van der Waals surface area contributed by atoms with Crippen molar-refractivity contribution < 1.29 is 4.74 Å². The van der Waals surface area contributed by atoms with E-state index in [2.05, 4.69) is 20.8 Å². The molecule has 17 heavy (non-hydrogen) atoms. The second-order valence-electron chi connectivity index (χ2n) is 4.75. The zero-order valence-corrected chi connectivity index (χ0v) is 9.72. The minimum atomic E-state index is -0.0423. The summed E-state index contributed by atoms with van der Waals surface area (Å²) in [5, 5.41) is 0. The predicted molar refractivity (Wildman–Crippen MR) is 63.6 cm³/mol. The van der Waals surface area contributed by atoms with E-state index in [1.54, 1.807) is 12.4 Å². The summed E-state index contributed by atoms with van der Waals surface area (Å²) >= 11 is 0. The molecule has 0 amide bonds. The highest BCUT2D eigenvalue weighted by molar-refractivity contribution is 5.23. The molecule has 88 valence electrons. The molecular formula is C13H15N3O. The number of terminal acetylenes is 1. The zero-order valence-electron chi connectivity index (χ0n) is 9.72. The van der Waals surface area contributed by atoms with Crippen LogP contribution in [0.1, 0.15) is 18.5 Å². The summed E-state index contributed by atoms with van der Waals surface area (Å²) < 4.78 is 6.13. The van der Waals surface area contributed by atoms with Gasteiger partial charge in [-0.15, -0.1) is 12.3 Å². The van der Waals surface area contributed by atoms with Crippen molar-refractivity contribution >= 4 is 0 Å². The number of rotatable bonds is 3. The van der Waals surface area contributed by atoms with Crippen LogP contribution < -0.4 is 4.74 Å². The highest BCUT2D eigenvalue weighted by Crippen LogP contribution is 2.36. The Morgan fingerprint density at radius 1 is 1.35 bits per heavy atom. The van der Waals surface area contributed by atoms with E-state index in [0.717, 1.165) is 38.2 Å². The third-order valence-corrected chi connectivity index (χ3v) is 3.60. The first-order valence-electron chi connectivity index (χ1n) is 5.96. The van der Waals surface area contributed by atoms with Gasteiger partial charge in [0.2, 0.25) is 5.88 Å². The Morgan fingerprint density at radius 3 is 2.76 bits per heavy atom. The first-order chi connectivity index (χ1) is 8.31. The number of hydrogen-bond acceptors (Lipinski definition) is 4. The molecule has 0 aliphatic carbocycles. The summed E-state index contributed by atoms with van der Waals surface area (Å²) in [4.78, 5) is 10.9. The average Bonchev–Trinajstić information content (AvgIpc) is 2.92. The van der Waals surface area contributed by atoms with Gasteiger partial charge in [0.15, 0.2) is 0 Å². The van der Waals surface area contributed by atoms with Gasteiger partial charge in [-0.3, -0.25) is 9.88 Å². The summed E-state index contributed by atoms with van der Waals surface area (Å²) in [7, 11) is 0.